The van der Waals surface area contributed by atoms with Gasteiger partial charge in [-0.2, -0.15) is 9.97 Å². The Balaban J connectivity index is 1.25. The Labute approximate surface area is 309 Å². The van der Waals surface area contributed by atoms with Crippen LogP contribution in [0.3, 0.4) is 0 Å². The summed E-state index contributed by atoms with van der Waals surface area (Å²) in [5.41, 5.74) is 8.45. The third-order valence-electron chi connectivity index (χ3n) is 10.3. The van der Waals surface area contributed by atoms with Gasteiger partial charge in [-0.25, -0.2) is 9.97 Å². The highest BCUT2D eigenvalue weighted by Crippen LogP contribution is 2.45. The summed E-state index contributed by atoms with van der Waals surface area (Å²) >= 11 is 0. The number of nitrogens with zero attached hydrogens (tertiary/aromatic N) is 5. The molecule has 6 nitrogen and oxygen atoms in total. The smallest absolute Gasteiger partial charge is 0.238 e. The third-order valence-corrected chi connectivity index (χ3v) is 10.3. The lowest BCUT2D eigenvalue weighted by molar-refractivity contribution is 0.623. The van der Waals surface area contributed by atoms with Crippen LogP contribution in [0.2, 0.25) is 0 Å². The fraction of sp³-hybridized carbons (Fsp3) is 0. The number of benzene rings is 8. The first-order valence-electron chi connectivity index (χ1n) is 18.0. The summed E-state index contributed by atoms with van der Waals surface area (Å²) in [6.45, 7) is 0. The molecule has 3 heterocycles. The zero-order valence-corrected chi connectivity index (χ0v) is 28.9. The van der Waals surface area contributed by atoms with Gasteiger partial charge < -0.3 is 4.42 Å². The lowest BCUT2D eigenvalue weighted by Crippen LogP contribution is -2.06. The number of fused-ring (bicyclic) bond motifs is 10. The van der Waals surface area contributed by atoms with Crippen molar-refractivity contribution < 1.29 is 4.42 Å². The first kappa shape index (κ1) is 30.2. The van der Waals surface area contributed by atoms with E-state index in [0.717, 1.165) is 76.9 Å². The van der Waals surface area contributed by atoms with Gasteiger partial charge in [0.1, 0.15) is 5.52 Å². The molecule has 0 fully saturated rings. The SMILES string of the molecule is c1ccc(-c2ccc(-c3nc(-c4ccccc4)nc(-n4c5ccc6nc(-c7ccccc7)oc6c5c5c6ccccc6c6ccccc6c54)n3)cc2)cc1. The molecule has 0 saturated heterocycles. The molecule has 0 N–H and O–H groups in total. The van der Waals surface area contributed by atoms with Crippen LogP contribution in [0.15, 0.2) is 180 Å². The van der Waals surface area contributed by atoms with Crippen molar-refractivity contribution in [2.75, 3.05) is 0 Å². The van der Waals surface area contributed by atoms with Gasteiger partial charge in [0, 0.05) is 27.5 Å². The predicted molar refractivity (Wildman–Crippen MR) is 218 cm³/mol. The van der Waals surface area contributed by atoms with E-state index in [2.05, 4.69) is 108 Å². The molecule has 0 amide bonds. The molecule has 0 unspecified atom stereocenters. The zero-order valence-electron chi connectivity index (χ0n) is 28.9. The van der Waals surface area contributed by atoms with Crippen molar-refractivity contribution >= 4 is 54.5 Å². The average Bonchev–Trinajstić information content (AvgIpc) is 3.85. The Hall–Kier alpha value is -7.44. The average molecular weight is 692 g/mol. The molecular formula is C48H29N5O. The Morgan fingerprint density at radius 2 is 0.870 bits per heavy atom. The molecule has 0 aliphatic rings. The van der Waals surface area contributed by atoms with E-state index in [4.69, 9.17) is 24.4 Å². The molecule has 0 saturated carbocycles. The standard InChI is InChI=1S/C48H29N5O/c1-4-14-30(15-5-1)31-24-26-33(27-25-31)46-50-45(32-16-6-2-7-17-32)51-48(52-46)53-40-29-28-39-44(54-47(49-39)34-18-8-3-9-19-34)42(40)41-37-22-12-10-20-35(37)36-21-11-13-23-38(36)43(41)53/h1-29H. The largest absolute Gasteiger partial charge is 0.435 e. The number of aromatic nitrogens is 5. The lowest BCUT2D eigenvalue weighted by atomic mass is 9.96. The Morgan fingerprint density at radius 1 is 0.370 bits per heavy atom. The molecule has 0 aliphatic carbocycles. The van der Waals surface area contributed by atoms with Gasteiger partial charge in [-0.3, -0.25) is 4.57 Å². The van der Waals surface area contributed by atoms with Gasteiger partial charge in [-0.15, -0.1) is 0 Å². The fourth-order valence-electron chi connectivity index (χ4n) is 7.80. The number of oxazole rings is 1. The molecule has 0 atom stereocenters. The minimum Gasteiger partial charge on any atom is -0.435 e. The minimum absolute atomic E-state index is 0.522. The second kappa shape index (κ2) is 12.1. The topological polar surface area (TPSA) is 69.6 Å². The lowest BCUT2D eigenvalue weighted by Gasteiger charge is -2.13. The first-order chi connectivity index (χ1) is 26.8. The van der Waals surface area contributed by atoms with Crippen LogP contribution in [0.4, 0.5) is 0 Å². The van der Waals surface area contributed by atoms with E-state index >= 15 is 0 Å². The van der Waals surface area contributed by atoms with E-state index in [9.17, 15) is 0 Å². The molecule has 0 radical (unpaired) electrons. The predicted octanol–water partition coefficient (Wildman–Crippen LogP) is 12.1. The Kier molecular flexibility index (Phi) is 6.75. The Bertz CT molecular complexity index is 3190. The van der Waals surface area contributed by atoms with Crippen LogP contribution in [0.25, 0.3) is 106 Å². The van der Waals surface area contributed by atoms with E-state index in [1.165, 1.54) is 5.39 Å². The molecule has 8 aromatic carbocycles. The maximum absolute atomic E-state index is 6.74. The van der Waals surface area contributed by atoms with Crippen LogP contribution in [-0.4, -0.2) is 24.5 Å². The molecular weight excluding hydrogens is 663 g/mol. The number of rotatable bonds is 5. The van der Waals surface area contributed by atoms with Crippen LogP contribution >= 0.6 is 0 Å². The van der Waals surface area contributed by atoms with Crippen LogP contribution in [0.5, 0.6) is 0 Å². The van der Waals surface area contributed by atoms with Gasteiger partial charge >= 0.3 is 0 Å². The summed E-state index contributed by atoms with van der Waals surface area (Å²) in [7, 11) is 0. The molecule has 11 rings (SSSR count). The highest BCUT2D eigenvalue weighted by Gasteiger charge is 2.25. The molecule has 0 bridgehead atoms. The van der Waals surface area contributed by atoms with E-state index in [1.807, 2.05) is 72.8 Å². The molecule has 3 aromatic heterocycles. The molecule has 54 heavy (non-hydrogen) atoms. The van der Waals surface area contributed by atoms with Crippen molar-refractivity contribution in [2.45, 2.75) is 0 Å². The molecule has 6 heteroatoms. The summed E-state index contributed by atoms with van der Waals surface area (Å²) in [6.07, 6.45) is 0. The van der Waals surface area contributed by atoms with Crippen LogP contribution < -0.4 is 0 Å². The highest BCUT2D eigenvalue weighted by molar-refractivity contribution is 6.35. The summed E-state index contributed by atoms with van der Waals surface area (Å²) in [4.78, 5) is 20.6. The minimum atomic E-state index is 0.522. The van der Waals surface area contributed by atoms with Gasteiger partial charge in [-0.05, 0) is 51.6 Å². The van der Waals surface area contributed by atoms with Crippen molar-refractivity contribution in [3.05, 3.63) is 176 Å². The Morgan fingerprint density at radius 3 is 1.54 bits per heavy atom. The van der Waals surface area contributed by atoms with Gasteiger partial charge in [0.15, 0.2) is 17.2 Å². The summed E-state index contributed by atoms with van der Waals surface area (Å²) in [5, 5.41) is 6.56. The maximum atomic E-state index is 6.74. The summed E-state index contributed by atoms with van der Waals surface area (Å²) in [6, 6.07) is 60.3. The second-order valence-electron chi connectivity index (χ2n) is 13.4. The summed E-state index contributed by atoms with van der Waals surface area (Å²) < 4.78 is 8.94. The van der Waals surface area contributed by atoms with Crippen LogP contribution in [-0.2, 0) is 0 Å². The normalized spacial score (nSPS) is 11.7. The second-order valence-corrected chi connectivity index (χ2v) is 13.4. The van der Waals surface area contributed by atoms with Gasteiger partial charge in [0.2, 0.25) is 11.8 Å². The first-order valence-corrected chi connectivity index (χ1v) is 18.0. The van der Waals surface area contributed by atoms with Gasteiger partial charge in [0.25, 0.3) is 0 Å². The van der Waals surface area contributed by atoms with Gasteiger partial charge in [0.05, 0.1) is 16.4 Å². The van der Waals surface area contributed by atoms with Crippen LogP contribution in [0.1, 0.15) is 0 Å². The molecule has 0 aliphatic heterocycles. The molecule has 11 aromatic rings. The highest BCUT2D eigenvalue weighted by atomic mass is 16.3. The van der Waals surface area contributed by atoms with Crippen molar-refractivity contribution in [2.24, 2.45) is 0 Å². The third kappa shape index (κ3) is 4.74. The van der Waals surface area contributed by atoms with E-state index < -0.39 is 0 Å². The van der Waals surface area contributed by atoms with E-state index in [-0.39, 0.29) is 0 Å². The van der Waals surface area contributed by atoms with Crippen molar-refractivity contribution in [3.63, 3.8) is 0 Å². The quantitative estimate of drug-likeness (QED) is 0.168. The number of hydrogen-bond donors (Lipinski definition) is 0. The van der Waals surface area contributed by atoms with Crippen molar-refractivity contribution in [1.29, 1.82) is 0 Å². The van der Waals surface area contributed by atoms with Crippen LogP contribution in [0, 0.1) is 0 Å². The maximum Gasteiger partial charge on any atom is 0.238 e. The monoisotopic (exact) mass is 691 g/mol. The molecule has 252 valence electrons. The fourth-order valence-corrected chi connectivity index (χ4v) is 7.80. The van der Waals surface area contributed by atoms with Gasteiger partial charge in [-0.1, -0.05) is 152 Å². The number of hydrogen-bond acceptors (Lipinski definition) is 5. The van der Waals surface area contributed by atoms with E-state index in [1.54, 1.807) is 0 Å². The van der Waals surface area contributed by atoms with Crippen molar-refractivity contribution in [3.8, 4) is 51.3 Å². The van der Waals surface area contributed by atoms with E-state index in [0.29, 0.717) is 23.5 Å². The summed E-state index contributed by atoms with van der Waals surface area (Å²) in [5.74, 6) is 2.28. The molecule has 0 spiro atoms. The van der Waals surface area contributed by atoms with Crippen molar-refractivity contribution in [1.82, 2.24) is 24.5 Å². The zero-order chi connectivity index (χ0) is 35.6.